The van der Waals surface area contributed by atoms with E-state index in [-0.39, 0.29) is 11.8 Å². The second-order valence-electron chi connectivity index (χ2n) is 5.02. The van der Waals surface area contributed by atoms with Crippen LogP contribution in [0.5, 0.6) is 0 Å². The third kappa shape index (κ3) is 2.61. The summed E-state index contributed by atoms with van der Waals surface area (Å²) in [5, 5.41) is 11.1. The Balaban J connectivity index is 1.72. The van der Waals surface area contributed by atoms with Crippen molar-refractivity contribution in [3.8, 4) is 5.69 Å². The Hall–Kier alpha value is -2.43. The summed E-state index contributed by atoms with van der Waals surface area (Å²) in [6, 6.07) is 9.81. The van der Waals surface area contributed by atoms with E-state index in [2.05, 4.69) is 22.2 Å². The molecule has 1 aromatic heterocycles. The summed E-state index contributed by atoms with van der Waals surface area (Å²) in [7, 11) is 0. The number of allylic oxidation sites excluding steroid dienone is 1. The Kier molecular flexibility index (Phi) is 3.33. The van der Waals surface area contributed by atoms with E-state index in [1.54, 1.807) is 4.68 Å². The smallest absolute Gasteiger partial charge is 0.227 e. The van der Waals surface area contributed by atoms with Gasteiger partial charge in [0.25, 0.3) is 0 Å². The van der Waals surface area contributed by atoms with E-state index in [0.29, 0.717) is 6.42 Å². The van der Waals surface area contributed by atoms with Gasteiger partial charge < -0.3 is 5.32 Å². The lowest BCUT2D eigenvalue weighted by molar-refractivity contribution is -0.125. The molecular weight excluding hydrogens is 252 g/mol. The van der Waals surface area contributed by atoms with Gasteiger partial charge in [0.15, 0.2) is 0 Å². The van der Waals surface area contributed by atoms with Gasteiger partial charge in [0.1, 0.15) is 0 Å². The minimum Gasteiger partial charge on any atom is -0.330 e. The van der Waals surface area contributed by atoms with Crippen LogP contribution in [0, 0.1) is 5.92 Å². The number of aromatic nitrogens is 3. The SMILES string of the molecule is C=C1CCC(Cc2cn(-c3ccccc3)nn2)C(=O)N1. The Bertz CT molecular complexity index is 632. The van der Waals surface area contributed by atoms with E-state index in [1.165, 1.54) is 0 Å². The predicted molar refractivity (Wildman–Crippen MR) is 75.1 cm³/mol. The molecule has 0 bridgehead atoms. The molecule has 1 aromatic carbocycles. The zero-order valence-corrected chi connectivity index (χ0v) is 11.1. The van der Waals surface area contributed by atoms with E-state index in [1.807, 2.05) is 36.5 Å². The van der Waals surface area contributed by atoms with E-state index in [4.69, 9.17) is 0 Å². The van der Waals surface area contributed by atoms with Gasteiger partial charge >= 0.3 is 0 Å². The number of benzene rings is 1. The largest absolute Gasteiger partial charge is 0.330 e. The molecule has 1 aliphatic heterocycles. The molecule has 0 radical (unpaired) electrons. The molecule has 102 valence electrons. The zero-order valence-electron chi connectivity index (χ0n) is 11.1. The van der Waals surface area contributed by atoms with Gasteiger partial charge in [0, 0.05) is 18.0 Å². The minimum atomic E-state index is -0.0403. The van der Waals surface area contributed by atoms with Crippen LogP contribution in [0.4, 0.5) is 0 Å². The van der Waals surface area contributed by atoms with Crippen molar-refractivity contribution in [2.45, 2.75) is 19.3 Å². The number of carbonyl (C=O) groups is 1. The molecule has 5 nitrogen and oxygen atoms in total. The van der Waals surface area contributed by atoms with Crippen LogP contribution in [-0.4, -0.2) is 20.9 Å². The lowest BCUT2D eigenvalue weighted by atomic mass is 9.93. The summed E-state index contributed by atoms with van der Waals surface area (Å²) in [4.78, 5) is 11.9. The Morgan fingerprint density at radius 3 is 2.90 bits per heavy atom. The first kappa shape index (κ1) is 12.6. The van der Waals surface area contributed by atoms with Gasteiger partial charge in [-0.1, -0.05) is 30.0 Å². The van der Waals surface area contributed by atoms with Gasteiger partial charge in [-0.2, -0.15) is 0 Å². The molecule has 2 heterocycles. The van der Waals surface area contributed by atoms with Crippen LogP contribution >= 0.6 is 0 Å². The van der Waals surface area contributed by atoms with Crippen LogP contribution in [0.15, 0.2) is 48.8 Å². The average Bonchev–Trinajstić information content (AvgIpc) is 2.92. The number of nitrogens with one attached hydrogen (secondary N) is 1. The minimum absolute atomic E-state index is 0.0375. The number of hydrogen-bond acceptors (Lipinski definition) is 3. The number of para-hydroxylation sites is 1. The molecular formula is C15H16N4O. The molecule has 1 amide bonds. The Morgan fingerprint density at radius 1 is 1.35 bits per heavy atom. The van der Waals surface area contributed by atoms with Crippen LogP contribution in [0.1, 0.15) is 18.5 Å². The summed E-state index contributed by atoms with van der Waals surface area (Å²) >= 11 is 0. The highest BCUT2D eigenvalue weighted by molar-refractivity contribution is 5.81. The Labute approximate surface area is 117 Å². The number of carbonyl (C=O) groups excluding carboxylic acids is 1. The maximum absolute atomic E-state index is 11.9. The number of amides is 1. The highest BCUT2D eigenvalue weighted by Gasteiger charge is 2.25. The number of nitrogens with zero attached hydrogens (tertiary/aromatic N) is 3. The second-order valence-corrected chi connectivity index (χ2v) is 5.02. The first-order valence-corrected chi connectivity index (χ1v) is 6.67. The van der Waals surface area contributed by atoms with Crippen LogP contribution in [0.2, 0.25) is 0 Å². The summed E-state index contributed by atoms with van der Waals surface area (Å²) in [6.07, 6.45) is 4.16. The van der Waals surface area contributed by atoms with Crippen molar-refractivity contribution in [2.75, 3.05) is 0 Å². The highest BCUT2D eigenvalue weighted by atomic mass is 16.1. The van der Waals surface area contributed by atoms with Crippen LogP contribution < -0.4 is 5.32 Å². The molecule has 1 N–H and O–H groups in total. The van der Waals surface area contributed by atoms with Crippen LogP contribution in [0.3, 0.4) is 0 Å². The number of piperidine rings is 1. The van der Waals surface area contributed by atoms with Gasteiger partial charge in [-0.3, -0.25) is 4.79 Å². The van der Waals surface area contributed by atoms with E-state index in [9.17, 15) is 4.79 Å². The van der Waals surface area contributed by atoms with Crippen LogP contribution in [-0.2, 0) is 11.2 Å². The van der Waals surface area contributed by atoms with Gasteiger partial charge in [-0.05, 0) is 25.0 Å². The topological polar surface area (TPSA) is 59.8 Å². The van der Waals surface area contributed by atoms with Gasteiger partial charge in [-0.15, -0.1) is 5.10 Å². The Morgan fingerprint density at radius 2 is 2.15 bits per heavy atom. The summed E-state index contributed by atoms with van der Waals surface area (Å²) in [5.41, 5.74) is 2.61. The van der Waals surface area contributed by atoms with E-state index in [0.717, 1.165) is 29.9 Å². The molecule has 0 spiro atoms. The maximum atomic E-state index is 11.9. The first-order chi connectivity index (χ1) is 9.72. The molecule has 1 aliphatic rings. The van der Waals surface area contributed by atoms with E-state index >= 15 is 0 Å². The lowest BCUT2D eigenvalue weighted by Crippen LogP contribution is -2.35. The van der Waals surface area contributed by atoms with Crippen molar-refractivity contribution in [1.29, 1.82) is 0 Å². The van der Waals surface area contributed by atoms with Crippen molar-refractivity contribution in [1.82, 2.24) is 20.3 Å². The average molecular weight is 268 g/mol. The lowest BCUT2D eigenvalue weighted by Gasteiger charge is -2.22. The number of rotatable bonds is 3. The molecule has 1 fully saturated rings. The molecule has 5 heteroatoms. The van der Waals surface area contributed by atoms with Gasteiger partial charge in [0.05, 0.1) is 17.6 Å². The summed E-state index contributed by atoms with van der Waals surface area (Å²) in [6.45, 7) is 3.79. The maximum Gasteiger partial charge on any atom is 0.227 e. The normalized spacial score (nSPS) is 18.9. The number of hydrogen-bond donors (Lipinski definition) is 1. The molecule has 0 saturated carbocycles. The molecule has 1 atom stereocenters. The summed E-state index contributed by atoms with van der Waals surface area (Å²) < 4.78 is 1.73. The fourth-order valence-electron chi connectivity index (χ4n) is 2.36. The van der Waals surface area contributed by atoms with Crippen molar-refractivity contribution < 1.29 is 4.79 Å². The van der Waals surface area contributed by atoms with Crippen molar-refractivity contribution >= 4 is 5.91 Å². The molecule has 2 aromatic rings. The van der Waals surface area contributed by atoms with Crippen molar-refractivity contribution in [3.05, 3.63) is 54.5 Å². The standard InChI is InChI=1S/C15H16N4O/c1-11-7-8-12(15(20)16-11)9-13-10-19(18-17-13)14-5-3-2-4-6-14/h2-6,10,12H,1,7-9H2,(H,16,20). The van der Waals surface area contributed by atoms with Crippen molar-refractivity contribution in [2.24, 2.45) is 5.92 Å². The quantitative estimate of drug-likeness (QED) is 0.924. The van der Waals surface area contributed by atoms with Gasteiger partial charge in [0.2, 0.25) is 5.91 Å². The monoisotopic (exact) mass is 268 g/mol. The molecule has 0 aliphatic carbocycles. The van der Waals surface area contributed by atoms with Crippen LogP contribution in [0.25, 0.3) is 5.69 Å². The molecule has 3 rings (SSSR count). The summed E-state index contributed by atoms with van der Waals surface area (Å²) in [5.74, 6) is -0.00284. The highest BCUT2D eigenvalue weighted by Crippen LogP contribution is 2.20. The van der Waals surface area contributed by atoms with Crippen molar-refractivity contribution in [3.63, 3.8) is 0 Å². The fourth-order valence-corrected chi connectivity index (χ4v) is 2.36. The third-order valence-corrected chi connectivity index (χ3v) is 3.48. The molecule has 20 heavy (non-hydrogen) atoms. The fraction of sp³-hybridized carbons (Fsp3) is 0.267. The predicted octanol–water partition coefficient (Wildman–Crippen LogP) is 1.85. The molecule has 1 saturated heterocycles. The van der Waals surface area contributed by atoms with Gasteiger partial charge in [-0.25, -0.2) is 4.68 Å². The first-order valence-electron chi connectivity index (χ1n) is 6.67. The zero-order chi connectivity index (χ0) is 13.9. The molecule has 1 unspecified atom stereocenters. The van der Waals surface area contributed by atoms with E-state index < -0.39 is 0 Å². The second kappa shape index (κ2) is 5.28. The third-order valence-electron chi connectivity index (χ3n) is 3.48.